The van der Waals surface area contributed by atoms with E-state index >= 15 is 0 Å². The minimum atomic E-state index is -0.438. The maximum atomic E-state index is 10.8. The van der Waals surface area contributed by atoms with Crippen LogP contribution in [0.2, 0.25) is 0 Å². The first-order valence-electron chi connectivity index (χ1n) is 9.02. The van der Waals surface area contributed by atoms with Crippen molar-refractivity contribution in [2.24, 2.45) is 0 Å². The van der Waals surface area contributed by atoms with E-state index in [2.05, 4.69) is 44.6 Å². The number of rotatable bonds is 7. The molecule has 0 saturated carbocycles. The molecule has 0 radical (unpaired) electrons. The van der Waals surface area contributed by atoms with Gasteiger partial charge in [0, 0.05) is 16.6 Å². The van der Waals surface area contributed by atoms with Crippen molar-refractivity contribution >= 4 is 55.9 Å². The van der Waals surface area contributed by atoms with E-state index in [1.165, 1.54) is 12.1 Å². The molecule has 0 aliphatic rings. The lowest BCUT2D eigenvalue weighted by Gasteiger charge is -2.14. The highest BCUT2D eigenvalue weighted by Crippen LogP contribution is 2.36. The van der Waals surface area contributed by atoms with Gasteiger partial charge in [0.25, 0.3) is 5.69 Å². The Morgan fingerprint density at radius 1 is 1.19 bits per heavy atom. The van der Waals surface area contributed by atoms with Crippen LogP contribution in [0.1, 0.15) is 16.7 Å². The van der Waals surface area contributed by atoms with Gasteiger partial charge < -0.3 is 9.47 Å². The summed E-state index contributed by atoms with van der Waals surface area (Å²) in [7, 11) is 1.55. The van der Waals surface area contributed by atoms with Gasteiger partial charge in [-0.25, -0.2) is 0 Å². The summed E-state index contributed by atoms with van der Waals surface area (Å²) in [5, 5.41) is 20.4. The third-order valence-corrected chi connectivity index (χ3v) is 5.70. The first-order valence-corrected chi connectivity index (χ1v) is 10.9. The monoisotopic (exact) mass is 590 g/mol. The van der Waals surface area contributed by atoms with Crippen molar-refractivity contribution in [2.75, 3.05) is 7.11 Å². The molecular formula is C23H16BrIN2O4. The number of halogens is 2. The molecular weight excluding hydrogens is 575 g/mol. The predicted octanol–water partition coefficient (Wildman–Crippen LogP) is 6.61. The summed E-state index contributed by atoms with van der Waals surface area (Å²) in [6.07, 6.45) is 1.80. The molecule has 3 aromatic carbocycles. The van der Waals surface area contributed by atoms with Crippen molar-refractivity contribution in [1.82, 2.24) is 0 Å². The minimum Gasteiger partial charge on any atom is -0.493 e. The highest BCUT2D eigenvalue weighted by atomic mass is 127. The Morgan fingerprint density at radius 2 is 1.87 bits per heavy atom. The molecule has 8 heteroatoms. The van der Waals surface area contributed by atoms with Crippen molar-refractivity contribution in [3.05, 3.63) is 95.5 Å². The number of hydrogen-bond acceptors (Lipinski definition) is 5. The quantitative estimate of drug-likeness (QED) is 0.102. The van der Waals surface area contributed by atoms with E-state index in [1.54, 1.807) is 25.3 Å². The van der Waals surface area contributed by atoms with Crippen LogP contribution in [-0.2, 0) is 6.61 Å². The van der Waals surface area contributed by atoms with Crippen LogP contribution < -0.4 is 9.47 Å². The molecule has 0 N–H and O–H groups in total. The summed E-state index contributed by atoms with van der Waals surface area (Å²) in [6, 6.07) is 19.7. The van der Waals surface area contributed by atoms with Crippen LogP contribution in [0.3, 0.4) is 0 Å². The lowest BCUT2D eigenvalue weighted by atomic mass is 10.0. The number of hydrogen-bond donors (Lipinski definition) is 0. The van der Waals surface area contributed by atoms with Crippen LogP contribution in [0.15, 0.2) is 65.1 Å². The summed E-state index contributed by atoms with van der Waals surface area (Å²) < 4.78 is 13.2. The molecule has 0 saturated heterocycles. The van der Waals surface area contributed by atoms with E-state index in [0.29, 0.717) is 17.1 Å². The lowest BCUT2D eigenvalue weighted by molar-refractivity contribution is -0.384. The number of nitriles is 1. The van der Waals surface area contributed by atoms with Crippen molar-refractivity contribution in [3.63, 3.8) is 0 Å². The molecule has 31 heavy (non-hydrogen) atoms. The third kappa shape index (κ3) is 5.83. The van der Waals surface area contributed by atoms with E-state index in [4.69, 9.17) is 9.47 Å². The number of allylic oxidation sites excluding steroid dienone is 1. The standard InChI is InChI=1S/C23H16BrIN2O4/c1-30-22-12-16(10-18(13-26)17-4-6-19(24)7-5-17)11-21(25)23(22)31-14-15-2-8-20(9-3-15)27(28)29/h2-12H,14H2,1H3/b18-10-. The molecule has 0 spiro atoms. The van der Waals surface area contributed by atoms with Crippen molar-refractivity contribution in [2.45, 2.75) is 6.61 Å². The number of benzene rings is 3. The maximum Gasteiger partial charge on any atom is 0.269 e. The molecule has 0 aliphatic heterocycles. The van der Waals surface area contributed by atoms with Crippen molar-refractivity contribution in [3.8, 4) is 17.6 Å². The van der Waals surface area contributed by atoms with E-state index in [0.717, 1.165) is 24.7 Å². The van der Waals surface area contributed by atoms with Gasteiger partial charge in [-0.15, -0.1) is 0 Å². The van der Waals surface area contributed by atoms with Crippen molar-refractivity contribution in [1.29, 1.82) is 5.26 Å². The van der Waals surface area contributed by atoms with Gasteiger partial charge in [-0.05, 0) is 81.8 Å². The molecule has 156 valence electrons. The number of nitro groups is 1. The molecule has 0 bridgehead atoms. The van der Waals surface area contributed by atoms with E-state index < -0.39 is 4.92 Å². The number of non-ortho nitro benzene ring substituents is 1. The smallest absolute Gasteiger partial charge is 0.269 e. The fourth-order valence-electron chi connectivity index (χ4n) is 2.81. The molecule has 0 atom stereocenters. The SMILES string of the molecule is COc1cc(/C=C(/C#N)c2ccc(Br)cc2)cc(I)c1OCc1ccc([N+](=O)[O-])cc1. The Morgan fingerprint density at radius 3 is 2.45 bits per heavy atom. The summed E-state index contributed by atoms with van der Waals surface area (Å²) in [5.41, 5.74) is 2.99. The molecule has 6 nitrogen and oxygen atoms in total. The fraction of sp³-hybridized carbons (Fsp3) is 0.0870. The summed E-state index contributed by atoms with van der Waals surface area (Å²) >= 11 is 5.55. The molecule has 0 unspecified atom stereocenters. The molecule has 0 heterocycles. The minimum absolute atomic E-state index is 0.0334. The van der Waals surface area contributed by atoms with Crippen LogP contribution in [0, 0.1) is 25.0 Å². The third-order valence-electron chi connectivity index (χ3n) is 4.37. The second-order valence-electron chi connectivity index (χ2n) is 6.42. The van der Waals surface area contributed by atoms with E-state index in [-0.39, 0.29) is 12.3 Å². The van der Waals surface area contributed by atoms with Gasteiger partial charge >= 0.3 is 0 Å². The normalized spacial score (nSPS) is 11.0. The summed E-state index contributed by atoms with van der Waals surface area (Å²) in [6.45, 7) is 0.238. The largest absolute Gasteiger partial charge is 0.493 e. The highest BCUT2D eigenvalue weighted by Gasteiger charge is 2.13. The zero-order valence-electron chi connectivity index (χ0n) is 16.3. The van der Waals surface area contributed by atoms with Crippen molar-refractivity contribution < 1.29 is 14.4 Å². The second kappa shape index (κ2) is 10.4. The fourth-order valence-corrected chi connectivity index (χ4v) is 3.85. The molecule has 3 rings (SSSR count). The Hall–Kier alpha value is -2.90. The first-order chi connectivity index (χ1) is 14.9. The molecule has 0 aliphatic carbocycles. The van der Waals surface area contributed by atoms with Gasteiger partial charge in [0.05, 0.1) is 27.2 Å². The number of methoxy groups -OCH3 is 1. The number of ether oxygens (including phenoxy) is 2. The Bertz CT molecular complexity index is 1170. The average molecular weight is 591 g/mol. The van der Waals surface area contributed by atoms with Gasteiger partial charge in [-0.1, -0.05) is 28.1 Å². The van der Waals surface area contributed by atoms with E-state index in [9.17, 15) is 15.4 Å². The molecule has 3 aromatic rings. The van der Waals surface area contributed by atoms with Gasteiger partial charge in [0.15, 0.2) is 11.5 Å². The Kier molecular flexibility index (Phi) is 7.65. The second-order valence-corrected chi connectivity index (χ2v) is 8.50. The number of nitro benzene ring substituents is 1. The molecule has 0 amide bonds. The van der Waals surface area contributed by atoms with Gasteiger partial charge in [-0.2, -0.15) is 5.26 Å². The predicted molar refractivity (Wildman–Crippen MR) is 131 cm³/mol. The average Bonchev–Trinajstić information content (AvgIpc) is 2.77. The van der Waals surface area contributed by atoms with Gasteiger partial charge in [-0.3, -0.25) is 10.1 Å². The lowest BCUT2D eigenvalue weighted by Crippen LogP contribution is -2.00. The van der Waals surface area contributed by atoms with Gasteiger partial charge in [0.2, 0.25) is 0 Å². The summed E-state index contributed by atoms with van der Waals surface area (Å²) in [4.78, 5) is 10.3. The topological polar surface area (TPSA) is 85.4 Å². The molecule has 0 aromatic heterocycles. The van der Waals surface area contributed by atoms with Crippen LogP contribution >= 0.6 is 38.5 Å². The zero-order valence-corrected chi connectivity index (χ0v) is 20.1. The number of nitrogens with zero attached hydrogens (tertiary/aromatic N) is 2. The van der Waals surface area contributed by atoms with Gasteiger partial charge in [0.1, 0.15) is 6.61 Å². The summed E-state index contributed by atoms with van der Waals surface area (Å²) in [5.74, 6) is 1.11. The maximum absolute atomic E-state index is 10.8. The highest BCUT2D eigenvalue weighted by molar-refractivity contribution is 14.1. The Labute approximate surface area is 201 Å². The zero-order chi connectivity index (χ0) is 22.4. The van der Waals surface area contributed by atoms with Crippen LogP contribution in [-0.4, -0.2) is 12.0 Å². The van der Waals surface area contributed by atoms with Crippen LogP contribution in [0.25, 0.3) is 11.6 Å². The van der Waals surface area contributed by atoms with Crippen LogP contribution in [0.5, 0.6) is 11.5 Å². The van der Waals surface area contributed by atoms with E-state index in [1.807, 2.05) is 36.4 Å². The first kappa shape index (κ1) is 22.8. The molecule has 0 fully saturated rings. The van der Waals surface area contributed by atoms with Crippen LogP contribution in [0.4, 0.5) is 5.69 Å². The Balaban J connectivity index is 1.84.